The molecule has 74 valence electrons. The molecule has 0 aromatic heterocycles. The number of carbonyl (C=O) groups is 2. The molecule has 0 radical (unpaired) electrons. The van der Waals surface area contributed by atoms with Crippen molar-refractivity contribution >= 4 is 20.4 Å². The fraction of sp³-hybridized carbons (Fsp3) is 0.667. The third-order valence-corrected chi connectivity index (χ3v) is 2.13. The quantitative estimate of drug-likeness (QED) is 0.528. The molecule has 0 fully saturated rings. The third-order valence-electron chi connectivity index (χ3n) is 1.48. The number of hydrogen-bond donors (Lipinski definition) is 3. The zero-order valence-electron chi connectivity index (χ0n) is 6.63. The highest BCUT2D eigenvalue weighted by Crippen LogP contribution is 2.18. The van der Waals surface area contributed by atoms with Gasteiger partial charge in [0.2, 0.25) is 0 Å². The van der Waals surface area contributed by atoms with Crippen LogP contribution in [0.15, 0.2) is 0 Å². The second-order valence-corrected chi connectivity index (χ2v) is 3.09. The van der Waals surface area contributed by atoms with E-state index in [4.69, 9.17) is 10.2 Å². The first-order valence-corrected chi connectivity index (χ1v) is 4.39. The Kier molecular flexibility index (Phi) is 4.51. The van der Waals surface area contributed by atoms with Crippen LogP contribution in [0.2, 0.25) is 0 Å². The first-order chi connectivity index (χ1) is 5.92. The Morgan fingerprint density at radius 1 is 1.31 bits per heavy atom. The van der Waals surface area contributed by atoms with Crippen LogP contribution in [0.5, 0.6) is 0 Å². The largest absolute Gasteiger partial charge is 0.481 e. The maximum absolute atomic E-state index is 10.4. The van der Waals surface area contributed by atoms with Crippen LogP contribution in [0.1, 0.15) is 12.8 Å². The Morgan fingerprint density at radius 3 is 2.15 bits per heavy atom. The van der Waals surface area contributed by atoms with Crippen molar-refractivity contribution in [3.05, 3.63) is 0 Å². The van der Waals surface area contributed by atoms with E-state index < -0.39 is 45.0 Å². The van der Waals surface area contributed by atoms with Gasteiger partial charge in [0.15, 0.2) is 14.1 Å². The van der Waals surface area contributed by atoms with Gasteiger partial charge in [-0.25, -0.2) is 4.79 Å². The highest BCUT2D eigenvalue weighted by atomic mass is 31.1. The van der Waals surface area contributed by atoms with E-state index in [9.17, 15) is 19.3 Å². The molecule has 0 aliphatic rings. The molecule has 1 atom stereocenters. The normalized spacial score (nSPS) is 15.2. The van der Waals surface area contributed by atoms with E-state index in [0.29, 0.717) is 0 Å². The summed E-state index contributed by atoms with van der Waals surface area (Å²) in [5.41, 5.74) is -2.21. The van der Waals surface area contributed by atoms with Gasteiger partial charge in [-0.2, -0.15) is 0 Å². The van der Waals surface area contributed by atoms with Gasteiger partial charge in [-0.05, 0) is 6.42 Å². The molecule has 0 spiro atoms. The van der Waals surface area contributed by atoms with Gasteiger partial charge in [0, 0.05) is 6.42 Å². The molecule has 7 heteroatoms. The van der Waals surface area contributed by atoms with E-state index >= 15 is 0 Å². The molecule has 13 heavy (non-hydrogen) atoms. The lowest BCUT2D eigenvalue weighted by atomic mass is 10.0. The van der Waals surface area contributed by atoms with Crippen molar-refractivity contribution in [2.75, 3.05) is 6.16 Å². The standard InChI is InChI=1S/C6H9O6P/c7-4(8)1-2-6(11,3-13-12)5(9)10/h11H,1-3H2,(H,7,8)(H,9,10). The summed E-state index contributed by atoms with van der Waals surface area (Å²) in [4.78, 5) is 20.5. The average molecular weight is 208 g/mol. The Labute approximate surface area is 75.4 Å². The zero-order chi connectivity index (χ0) is 10.5. The molecule has 3 N–H and O–H groups in total. The van der Waals surface area contributed by atoms with Gasteiger partial charge in [-0.3, -0.25) is 9.36 Å². The fourth-order valence-corrected chi connectivity index (χ4v) is 1.18. The lowest BCUT2D eigenvalue weighted by molar-refractivity contribution is -0.157. The summed E-state index contributed by atoms with van der Waals surface area (Å²) in [7, 11) is -0.527. The van der Waals surface area contributed by atoms with Gasteiger partial charge >= 0.3 is 11.9 Å². The highest BCUT2D eigenvalue weighted by molar-refractivity contribution is 7.23. The Balaban J connectivity index is 4.32. The monoisotopic (exact) mass is 208 g/mol. The second-order valence-electron chi connectivity index (χ2n) is 2.52. The minimum absolute atomic E-state index is 0.451. The summed E-state index contributed by atoms with van der Waals surface area (Å²) in [5, 5.41) is 26.0. The molecular weight excluding hydrogens is 199 g/mol. The molecule has 0 aliphatic heterocycles. The van der Waals surface area contributed by atoms with Crippen molar-refractivity contribution in [1.29, 1.82) is 0 Å². The van der Waals surface area contributed by atoms with Crippen LogP contribution in [0.4, 0.5) is 0 Å². The number of rotatable bonds is 6. The maximum atomic E-state index is 10.4. The number of aliphatic hydroxyl groups is 1. The molecule has 0 bridgehead atoms. The molecule has 0 saturated heterocycles. The molecule has 0 aliphatic carbocycles. The van der Waals surface area contributed by atoms with Crippen LogP contribution in [0.25, 0.3) is 0 Å². The summed E-state index contributed by atoms with van der Waals surface area (Å²) in [6, 6.07) is 0. The van der Waals surface area contributed by atoms with Crippen LogP contribution >= 0.6 is 8.46 Å². The number of carboxylic acid groups (broad SMARTS) is 2. The first kappa shape index (κ1) is 12.0. The summed E-state index contributed by atoms with van der Waals surface area (Å²) >= 11 is 0. The Hall–Kier alpha value is -1.00. The SMILES string of the molecule is O=PCC(O)(CCC(=O)O)C(=O)O. The van der Waals surface area contributed by atoms with Crippen molar-refractivity contribution in [1.82, 2.24) is 0 Å². The minimum Gasteiger partial charge on any atom is -0.481 e. The van der Waals surface area contributed by atoms with Crippen molar-refractivity contribution in [2.45, 2.75) is 18.4 Å². The molecule has 0 aromatic rings. The average Bonchev–Trinajstić information content (AvgIpc) is 2.01. The third kappa shape index (κ3) is 3.96. The van der Waals surface area contributed by atoms with Crippen LogP contribution in [0, 0.1) is 0 Å². The number of carboxylic acids is 2. The van der Waals surface area contributed by atoms with E-state index in [2.05, 4.69) is 0 Å². The molecule has 0 heterocycles. The van der Waals surface area contributed by atoms with Gasteiger partial charge < -0.3 is 15.3 Å². The van der Waals surface area contributed by atoms with Gasteiger partial charge in [-0.15, -0.1) is 0 Å². The second kappa shape index (κ2) is 4.89. The lowest BCUT2D eigenvalue weighted by Gasteiger charge is -2.18. The van der Waals surface area contributed by atoms with Crippen LogP contribution in [-0.2, 0) is 14.2 Å². The molecule has 1 unspecified atom stereocenters. The zero-order valence-corrected chi connectivity index (χ0v) is 7.53. The van der Waals surface area contributed by atoms with Gasteiger partial charge in [0.05, 0.1) is 6.16 Å². The highest BCUT2D eigenvalue weighted by Gasteiger charge is 2.36. The van der Waals surface area contributed by atoms with E-state index in [-0.39, 0.29) is 0 Å². The molecule has 0 aromatic carbocycles. The lowest BCUT2D eigenvalue weighted by Crippen LogP contribution is -2.40. The Bertz CT molecular complexity index is 227. The van der Waals surface area contributed by atoms with Crippen molar-refractivity contribution in [2.24, 2.45) is 0 Å². The van der Waals surface area contributed by atoms with E-state index in [0.717, 1.165) is 0 Å². The predicted molar refractivity (Wildman–Crippen MR) is 41.9 cm³/mol. The summed E-state index contributed by atoms with van der Waals surface area (Å²) in [6.45, 7) is 0. The van der Waals surface area contributed by atoms with Crippen LogP contribution in [0.3, 0.4) is 0 Å². The van der Waals surface area contributed by atoms with Gasteiger partial charge in [0.1, 0.15) is 0 Å². The predicted octanol–water partition coefficient (Wildman–Crippen LogP) is -0.0414. The maximum Gasteiger partial charge on any atom is 0.336 e. The number of aliphatic carboxylic acids is 2. The van der Waals surface area contributed by atoms with E-state index in [1.807, 2.05) is 0 Å². The van der Waals surface area contributed by atoms with Crippen molar-refractivity contribution in [3.63, 3.8) is 0 Å². The fourth-order valence-electron chi connectivity index (χ4n) is 0.674. The van der Waals surface area contributed by atoms with Crippen molar-refractivity contribution in [3.8, 4) is 0 Å². The van der Waals surface area contributed by atoms with Gasteiger partial charge in [-0.1, -0.05) is 0 Å². The Morgan fingerprint density at radius 2 is 1.85 bits per heavy atom. The minimum atomic E-state index is -2.21. The first-order valence-electron chi connectivity index (χ1n) is 3.39. The molecular formula is C6H9O6P. The van der Waals surface area contributed by atoms with Crippen molar-refractivity contribution < 1.29 is 29.5 Å². The summed E-state index contributed by atoms with van der Waals surface area (Å²) in [6.07, 6.45) is -1.43. The smallest absolute Gasteiger partial charge is 0.336 e. The van der Waals surface area contributed by atoms with E-state index in [1.165, 1.54) is 0 Å². The topological polar surface area (TPSA) is 112 Å². The summed E-state index contributed by atoms with van der Waals surface area (Å²) in [5.74, 6) is -2.76. The summed E-state index contributed by atoms with van der Waals surface area (Å²) < 4.78 is 10.1. The van der Waals surface area contributed by atoms with Crippen LogP contribution in [-0.4, -0.2) is 39.0 Å². The van der Waals surface area contributed by atoms with Crippen LogP contribution < -0.4 is 0 Å². The molecule has 6 nitrogen and oxygen atoms in total. The van der Waals surface area contributed by atoms with E-state index in [1.54, 1.807) is 0 Å². The molecule has 0 rings (SSSR count). The van der Waals surface area contributed by atoms with Gasteiger partial charge in [0.25, 0.3) is 0 Å². The molecule has 0 amide bonds. The number of hydrogen-bond acceptors (Lipinski definition) is 4. The molecule has 0 saturated carbocycles.